The molecule has 0 spiro atoms. The first-order valence-corrected chi connectivity index (χ1v) is 7.70. The van der Waals surface area contributed by atoms with Gasteiger partial charge in [-0.05, 0) is 6.92 Å². The molecule has 2 aromatic rings. The van der Waals surface area contributed by atoms with Gasteiger partial charge in [-0.3, -0.25) is 9.67 Å². The molecular weight excluding hydrogens is 284 g/mol. The van der Waals surface area contributed by atoms with E-state index in [1.54, 1.807) is 18.4 Å². The Kier molecular flexibility index (Phi) is 5.32. The fraction of sp³-hybridized carbons (Fsp3) is 0.500. The van der Waals surface area contributed by atoms with E-state index < -0.39 is 0 Å². The van der Waals surface area contributed by atoms with E-state index in [-0.39, 0.29) is 0 Å². The maximum atomic E-state index is 4.37. The van der Waals surface area contributed by atoms with Gasteiger partial charge in [-0.2, -0.15) is 5.10 Å². The second-order valence-electron chi connectivity index (χ2n) is 4.97. The van der Waals surface area contributed by atoms with E-state index in [1.165, 1.54) is 10.4 Å². The molecule has 0 amide bonds. The molecule has 6 nitrogen and oxygen atoms in total. The Morgan fingerprint density at radius 2 is 2.29 bits per heavy atom. The molecule has 0 fully saturated rings. The van der Waals surface area contributed by atoms with Gasteiger partial charge in [0.15, 0.2) is 5.96 Å². The van der Waals surface area contributed by atoms with Gasteiger partial charge in [0.2, 0.25) is 0 Å². The topological polar surface area (TPSA) is 58.3 Å². The lowest BCUT2D eigenvalue weighted by Gasteiger charge is -2.21. The highest BCUT2D eigenvalue weighted by Gasteiger charge is 2.08. The smallest absolute Gasteiger partial charge is 0.193 e. The van der Waals surface area contributed by atoms with E-state index in [0.717, 1.165) is 30.5 Å². The third-order valence-corrected chi connectivity index (χ3v) is 4.02. The molecular formula is C14H22N6S. The Morgan fingerprint density at radius 1 is 1.48 bits per heavy atom. The number of rotatable bonds is 5. The van der Waals surface area contributed by atoms with Crippen molar-refractivity contribution in [3.8, 4) is 0 Å². The van der Waals surface area contributed by atoms with E-state index in [0.29, 0.717) is 0 Å². The summed E-state index contributed by atoms with van der Waals surface area (Å²) in [6.45, 7) is 3.69. The molecule has 2 aromatic heterocycles. The zero-order chi connectivity index (χ0) is 15.2. The molecule has 114 valence electrons. The standard InChI is InChI=1S/C14H22N6S/c1-11-7-17-13(21-11)5-6-16-14(15-2)19(3)9-12-8-18-20(4)10-12/h7-8,10H,5-6,9H2,1-4H3,(H,15,16). The molecule has 0 radical (unpaired) electrons. The number of hydrogen-bond donors (Lipinski definition) is 1. The number of aryl methyl sites for hydroxylation is 2. The van der Waals surface area contributed by atoms with Crippen molar-refractivity contribution in [3.63, 3.8) is 0 Å². The largest absolute Gasteiger partial charge is 0.356 e. The summed E-state index contributed by atoms with van der Waals surface area (Å²) < 4.78 is 1.81. The van der Waals surface area contributed by atoms with Crippen LogP contribution in [0.3, 0.4) is 0 Å². The van der Waals surface area contributed by atoms with Crippen LogP contribution in [0.15, 0.2) is 23.6 Å². The van der Waals surface area contributed by atoms with Crippen molar-refractivity contribution in [2.75, 3.05) is 20.6 Å². The fourth-order valence-corrected chi connectivity index (χ4v) is 2.87. The van der Waals surface area contributed by atoms with Crippen LogP contribution in [0.1, 0.15) is 15.4 Å². The van der Waals surface area contributed by atoms with E-state index >= 15 is 0 Å². The summed E-state index contributed by atoms with van der Waals surface area (Å²) in [6, 6.07) is 0. The van der Waals surface area contributed by atoms with Gasteiger partial charge < -0.3 is 10.2 Å². The average molecular weight is 306 g/mol. The van der Waals surface area contributed by atoms with Crippen molar-refractivity contribution in [1.29, 1.82) is 0 Å². The number of thiazole rings is 1. The molecule has 0 saturated carbocycles. The van der Waals surface area contributed by atoms with Crippen molar-refractivity contribution in [2.45, 2.75) is 19.9 Å². The molecule has 0 aromatic carbocycles. The molecule has 0 aliphatic carbocycles. The number of aliphatic imine (C=N–C) groups is 1. The van der Waals surface area contributed by atoms with Gasteiger partial charge in [-0.1, -0.05) is 0 Å². The summed E-state index contributed by atoms with van der Waals surface area (Å²) in [5, 5.41) is 8.71. The van der Waals surface area contributed by atoms with Crippen LogP contribution in [0.4, 0.5) is 0 Å². The molecule has 0 aliphatic heterocycles. The third kappa shape index (κ3) is 4.56. The maximum Gasteiger partial charge on any atom is 0.193 e. The van der Waals surface area contributed by atoms with Gasteiger partial charge in [-0.25, -0.2) is 4.98 Å². The number of aromatic nitrogens is 3. The van der Waals surface area contributed by atoms with Gasteiger partial charge >= 0.3 is 0 Å². The maximum absolute atomic E-state index is 4.37. The van der Waals surface area contributed by atoms with E-state index in [4.69, 9.17) is 0 Å². The van der Waals surface area contributed by atoms with Gasteiger partial charge in [0.1, 0.15) is 0 Å². The van der Waals surface area contributed by atoms with Crippen LogP contribution >= 0.6 is 11.3 Å². The average Bonchev–Trinajstić information content (AvgIpc) is 3.03. The summed E-state index contributed by atoms with van der Waals surface area (Å²) in [5.41, 5.74) is 1.17. The van der Waals surface area contributed by atoms with Crippen molar-refractivity contribution in [3.05, 3.63) is 34.0 Å². The van der Waals surface area contributed by atoms with Crippen LogP contribution in [-0.2, 0) is 20.0 Å². The molecule has 0 unspecified atom stereocenters. The molecule has 7 heteroatoms. The van der Waals surface area contributed by atoms with Crippen LogP contribution in [0, 0.1) is 6.92 Å². The molecule has 0 atom stereocenters. The quantitative estimate of drug-likeness (QED) is 0.671. The van der Waals surface area contributed by atoms with Crippen LogP contribution in [-0.4, -0.2) is 46.3 Å². The number of nitrogens with zero attached hydrogens (tertiary/aromatic N) is 5. The number of hydrogen-bond acceptors (Lipinski definition) is 4. The predicted octanol–water partition coefficient (Wildman–Crippen LogP) is 1.43. The van der Waals surface area contributed by atoms with Crippen LogP contribution in [0.2, 0.25) is 0 Å². The molecule has 0 saturated heterocycles. The van der Waals surface area contributed by atoms with Crippen LogP contribution in [0.5, 0.6) is 0 Å². The first kappa shape index (κ1) is 15.5. The Labute approximate surface area is 129 Å². The lowest BCUT2D eigenvalue weighted by atomic mass is 10.3. The highest BCUT2D eigenvalue weighted by atomic mass is 32.1. The minimum Gasteiger partial charge on any atom is -0.356 e. The second-order valence-corrected chi connectivity index (χ2v) is 6.29. The molecule has 2 rings (SSSR count). The van der Waals surface area contributed by atoms with E-state index in [1.807, 2.05) is 37.4 Å². The summed E-state index contributed by atoms with van der Waals surface area (Å²) in [4.78, 5) is 12.0. The molecule has 21 heavy (non-hydrogen) atoms. The Balaban J connectivity index is 1.82. The van der Waals surface area contributed by atoms with E-state index in [9.17, 15) is 0 Å². The zero-order valence-corrected chi connectivity index (χ0v) is 13.8. The summed E-state index contributed by atoms with van der Waals surface area (Å²) in [5.74, 6) is 0.882. The monoisotopic (exact) mass is 306 g/mol. The van der Waals surface area contributed by atoms with Crippen LogP contribution < -0.4 is 5.32 Å². The SMILES string of the molecule is CN=C(NCCc1ncc(C)s1)N(C)Cc1cnn(C)c1. The number of nitrogens with one attached hydrogen (secondary N) is 1. The summed E-state index contributed by atoms with van der Waals surface area (Å²) in [7, 11) is 5.75. The van der Waals surface area contributed by atoms with Gasteiger partial charge in [-0.15, -0.1) is 11.3 Å². The summed E-state index contributed by atoms with van der Waals surface area (Å²) in [6.07, 6.45) is 6.73. The predicted molar refractivity (Wildman–Crippen MR) is 86.6 cm³/mol. The normalized spacial score (nSPS) is 11.7. The Morgan fingerprint density at radius 3 is 2.86 bits per heavy atom. The van der Waals surface area contributed by atoms with Crippen molar-refractivity contribution in [2.24, 2.45) is 12.0 Å². The minimum absolute atomic E-state index is 0.782. The zero-order valence-electron chi connectivity index (χ0n) is 13.0. The van der Waals surface area contributed by atoms with Gasteiger partial charge in [0.05, 0.1) is 11.2 Å². The Bertz CT molecular complexity index is 600. The third-order valence-electron chi connectivity index (χ3n) is 3.04. The molecule has 2 heterocycles. The highest BCUT2D eigenvalue weighted by Crippen LogP contribution is 2.11. The molecule has 0 aliphatic rings. The first-order chi connectivity index (χ1) is 10.1. The van der Waals surface area contributed by atoms with Crippen molar-refractivity contribution in [1.82, 2.24) is 25.0 Å². The number of guanidine groups is 1. The van der Waals surface area contributed by atoms with Crippen molar-refractivity contribution < 1.29 is 0 Å². The van der Waals surface area contributed by atoms with E-state index in [2.05, 4.69) is 32.2 Å². The fourth-order valence-electron chi connectivity index (χ4n) is 2.09. The lowest BCUT2D eigenvalue weighted by Crippen LogP contribution is -2.39. The lowest BCUT2D eigenvalue weighted by molar-refractivity contribution is 0.477. The highest BCUT2D eigenvalue weighted by molar-refractivity contribution is 7.11. The molecule has 0 bridgehead atoms. The van der Waals surface area contributed by atoms with Gasteiger partial charge in [0.25, 0.3) is 0 Å². The molecule has 1 N–H and O–H groups in total. The minimum atomic E-state index is 0.782. The van der Waals surface area contributed by atoms with Gasteiger partial charge in [0, 0.05) is 63.5 Å². The van der Waals surface area contributed by atoms with Crippen LogP contribution in [0.25, 0.3) is 0 Å². The Hall–Kier alpha value is -1.89. The van der Waals surface area contributed by atoms with Crippen molar-refractivity contribution >= 4 is 17.3 Å². The summed E-state index contributed by atoms with van der Waals surface area (Å²) >= 11 is 1.75. The first-order valence-electron chi connectivity index (χ1n) is 6.89. The second kappa shape index (κ2) is 7.21.